The summed E-state index contributed by atoms with van der Waals surface area (Å²) < 4.78 is 37.4. The Bertz CT molecular complexity index is 1040. The van der Waals surface area contributed by atoms with Crippen molar-refractivity contribution in [2.45, 2.75) is 12.6 Å². The minimum atomic E-state index is -5.05. The molecule has 0 aliphatic carbocycles. The van der Waals surface area contributed by atoms with E-state index < -0.39 is 23.9 Å². The molecule has 0 atom stereocenters. The maximum atomic E-state index is 12.5. The molecule has 2 aromatic carbocycles. The SMILES string of the molecule is O=C1c2ccccc2C(=O)N1CCC#Cc1cc(Cl)ccc1NC(=O)C(F)(F)F. The number of hydrogen-bond acceptors (Lipinski definition) is 3. The zero-order valence-electron chi connectivity index (χ0n) is 14.6. The molecule has 1 aliphatic rings. The summed E-state index contributed by atoms with van der Waals surface area (Å²) in [7, 11) is 0. The van der Waals surface area contributed by atoms with E-state index in [1.165, 1.54) is 18.2 Å². The zero-order valence-corrected chi connectivity index (χ0v) is 15.4. The van der Waals surface area contributed by atoms with Crippen LogP contribution in [0, 0.1) is 11.8 Å². The van der Waals surface area contributed by atoms with Gasteiger partial charge in [-0.1, -0.05) is 35.6 Å². The van der Waals surface area contributed by atoms with E-state index in [1.807, 2.05) is 0 Å². The number of amides is 3. The molecule has 1 N–H and O–H groups in total. The lowest BCUT2D eigenvalue weighted by Gasteiger charge is -2.11. The van der Waals surface area contributed by atoms with Crippen molar-refractivity contribution < 1.29 is 27.6 Å². The molecule has 1 heterocycles. The summed E-state index contributed by atoms with van der Waals surface area (Å²) in [6.45, 7) is 0.0180. The molecule has 2 aromatic rings. The molecule has 3 amide bonds. The van der Waals surface area contributed by atoms with Crippen LogP contribution in [0.3, 0.4) is 0 Å². The van der Waals surface area contributed by atoms with Crippen molar-refractivity contribution in [2.24, 2.45) is 0 Å². The smallest absolute Gasteiger partial charge is 0.317 e. The van der Waals surface area contributed by atoms with Gasteiger partial charge in [-0.15, -0.1) is 0 Å². The third kappa shape index (κ3) is 4.41. The van der Waals surface area contributed by atoms with Crippen LogP contribution < -0.4 is 5.32 Å². The first-order valence-corrected chi connectivity index (χ1v) is 8.68. The number of nitrogens with zero attached hydrogens (tertiary/aromatic N) is 1. The number of hydrogen-bond donors (Lipinski definition) is 1. The van der Waals surface area contributed by atoms with Gasteiger partial charge in [-0.25, -0.2) is 0 Å². The molecule has 148 valence electrons. The summed E-state index contributed by atoms with van der Waals surface area (Å²) in [6.07, 6.45) is -4.96. The van der Waals surface area contributed by atoms with Crippen LogP contribution in [-0.2, 0) is 4.79 Å². The molecule has 0 aromatic heterocycles. The largest absolute Gasteiger partial charge is 0.471 e. The van der Waals surface area contributed by atoms with E-state index in [0.29, 0.717) is 11.1 Å². The predicted octanol–water partition coefficient (Wildman–Crippen LogP) is 3.88. The van der Waals surface area contributed by atoms with Gasteiger partial charge in [0.05, 0.1) is 16.8 Å². The van der Waals surface area contributed by atoms with E-state index in [0.717, 1.165) is 4.90 Å². The standard InChI is InChI=1S/C20H12ClF3N2O3/c21-13-8-9-16(25-19(29)20(22,23)24)12(11-13)5-3-4-10-26-17(27)14-6-1-2-7-15(14)18(26)28/h1-2,6-9,11H,4,10H2,(H,25,29). The van der Waals surface area contributed by atoms with Crippen molar-refractivity contribution in [3.05, 3.63) is 64.2 Å². The van der Waals surface area contributed by atoms with E-state index in [1.54, 1.807) is 29.6 Å². The van der Waals surface area contributed by atoms with Crippen LogP contribution in [0.15, 0.2) is 42.5 Å². The molecule has 0 saturated heterocycles. The minimum absolute atomic E-state index is 0.0180. The van der Waals surface area contributed by atoms with E-state index >= 15 is 0 Å². The number of rotatable bonds is 3. The number of imide groups is 1. The third-order valence-electron chi connectivity index (χ3n) is 4.05. The third-order valence-corrected chi connectivity index (χ3v) is 4.28. The molecule has 0 spiro atoms. The maximum Gasteiger partial charge on any atom is 0.471 e. The molecule has 0 bridgehead atoms. The van der Waals surface area contributed by atoms with Gasteiger partial charge < -0.3 is 5.32 Å². The first kappa shape index (κ1) is 20.4. The van der Waals surface area contributed by atoms with Crippen LogP contribution in [-0.4, -0.2) is 35.3 Å². The van der Waals surface area contributed by atoms with E-state index in [9.17, 15) is 27.6 Å². The summed E-state index contributed by atoms with van der Waals surface area (Å²) in [5.74, 6) is 2.33. The van der Waals surface area contributed by atoms with Gasteiger partial charge in [0.25, 0.3) is 11.8 Å². The highest BCUT2D eigenvalue weighted by molar-refractivity contribution is 6.30. The van der Waals surface area contributed by atoms with E-state index in [2.05, 4.69) is 11.8 Å². The zero-order chi connectivity index (χ0) is 21.2. The number of benzene rings is 2. The second-order valence-electron chi connectivity index (χ2n) is 6.00. The Morgan fingerprint density at radius 3 is 2.28 bits per heavy atom. The molecular weight excluding hydrogens is 409 g/mol. The van der Waals surface area contributed by atoms with Crippen LogP contribution in [0.5, 0.6) is 0 Å². The number of fused-ring (bicyclic) bond motifs is 1. The van der Waals surface area contributed by atoms with Gasteiger partial charge in [0.15, 0.2) is 0 Å². The van der Waals surface area contributed by atoms with Crippen molar-refractivity contribution in [3.8, 4) is 11.8 Å². The number of alkyl halides is 3. The first-order chi connectivity index (χ1) is 13.7. The van der Waals surface area contributed by atoms with Crippen molar-refractivity contribution in [1.29, 1.82) is 0 Å². The van der Waals surface area contributed by atoms with Crippen LogP contribution in [0.25, 0.3) is 0 Å². The number of carbonyl (C=O) groups excluding carboxylic acids is 3. The van der Waals surface area contributed by atoms with Crippen molar-refractivity contribution in [3.63, 3.8) is 0 Å². The molecular formula is C20H12ClF3N2O3. The monoisotopic (exact) mass is 420 g/mol. The molecule has 0 fully saturated rings. The second-order valence-corrected chi connectivity index (χ2v) is 6.44. The topological polar surface area (TPSA) is 66.5 Å². The Labute approximate surface area is 168 Å². The van der Waals surface area contributed by atoms with Gasteiger partial charge in [0, 0.05) is 23.6 Å². The molecule has 0 unspecified atom stereocenters. The molecule has 1 aliphatic heterocycles. The molecule has 0 radical (unpaired) electrons. The average molecular weight is 421 g/mol. The molecule has 5 nitrogen and oxygen atoms in total. The Hall–Kier alpha value is -3.31. The van der Waals surface area contributed by atoms with Gasteiger partial charge in [-0.05, 0) is 30.3 Å². The minimum Gasteiger partial charge on any atom is -0.317 e. The molecule has 3 rings (SSSR count). The quantitative estimate of drug-likeness (QED) is 0.605. The number of halogens is 4. The van der Waals surface area contributed by atoms with Crippen molar-refractivity contribution in [1.82, 2.24) is 4.90 Å². The van der Waals surface area contributed by atoms with Crippen LogP contribution in [0.1, 0.15) is 32.7 Å². The Morgan fingerprint density at radius 1 is 1.07 bits per heavy atom. The summed E-state index contributed by atoms with van der Waals surface area (Å²) in [4.78, 5) is 36.8. The van der Waals surface area contributed by atoms with Gasteiger partial charge in [0.1, 0.15) is 0 Å². The first-order valence-electron chi connectivity index (χ1n) is 8.30. The van der Waals surface area contributed by atoms with Crippen molar-refractivity contribution >= 4 is 35.0 Å². The summed E-state index contributed by atoms with van der Waals surface area (Å²) in [5.41, 5.74) is 0.567. The lowest BCUT2D eigenvalue weighted by Crippen LogP contribution is -2.30. The van der Waals surface area contributed by atoms with Crippen LogP contribution >= 0.6 is 11.6 Å². The Balaban J connectivity index is 1.71. The van der Waals surface area contributed by atoms with Crippen molar-refractivity contribution in [2.75, 3.05) is 11.9 Å². The van der Waals surface area contributed by atoms with Crippen LogP contribution in [0.2, 0.25) is 5.02 Å². The van der Waals surface area contributed by atoms with Gasteiger partial charge in [-0.3, -0.25) is 19.3 Å². The normalized spacial score (nSPS) is 13.0. The van der Waals surface area contributed by atoms with Gasteiger partial charge in [-0.2, -0.15) is 13.2 Å². The van der Waals surface area contributed by atoms with E-state index in [4.69, 9.17) is 11.6 Å². The lowest BCUT2D eigenvalue weighted by molar-refractivity contribution is -0.167. The Kier molecular flexibility index (Phi) is 5.62. The predicted molar refractivity (Wildman–Crippen MR) is 99.4 cm³/mol. The van der Waals surface area contributed by atoms with Gasteiger partial charge >= 0.3 is 12.1 Å². The number of nitrogens with one attached hydrogen (secondary N) is 1. The van der Waals surface area contributed by atoms with E-state index in [-0.39, 0.29) is 29.2 Å². The molecule has 0 saturated carbocycles. The lowest BCUT2D eigenvalue weighted by atomic mass is 10.1. The number of anilines is 1. The fourth-order valence-electron chi connectivity index (χ4n) is 2.69. The fraction of sp³-hybridized carbons (Fsp3) is 0.150. The highest BCUT2D eigenvalue weighted by Crippen LogP contribution is 2.24. The fourth-order valence-corrected chi connectivity index (χ4v) is 2.86. The number of carbonyl (C=O) groups is 3. The Morgan fingerprint density at radius 2 is 1.69 bits per heavy atom. The molecule has 29 heavy (non-hydrogen) atoms. The van der Waals surface area contributed by atoms with Gasteiger partial charge in [0.2, 0.25) is 0 Å². The highest BCUT2D eigenvalue weighted by Gasteiger charge is 2.39. The average Bonchev–Trinajstić information content (AvgIpc) is 2.91. The summed E-state index contributed by atoms with van der Waals surface area (Å²) in [6, 6.07) is 10.3. The van der Waals surface area contributed by atoms with Crippen LogP contribution in [0.4, 0.5) is 18.9 Å². The highest BCUT2D eigenvalue weighted by atomic mass is 35.5. The maximum absolute atomic E-state index is 12.5. The molecule has 9 heteroatoms. The summed E-state index contributed by atoms with van der Waals surface area (Å²) >= 11 is 5.85. The second kappa shape index (κ2) is 7.97. The summed E-state index contributed by atoms with van der Waals surface area (Å²) in [5, 5.41) is 1.96.